The number of nitrogens with zero attached hydrogens (tertiary/aromatic N) is 3. The molecule has 3 heterocycles. The molecule has 8 heteroatoms. The van der Waals surface area contributed by atoms with Gasteiger partial charge in [-0.2, -0.15) is 0 Å². The molecule has 1 amide bonds. The Bertz CT molecular complexity index is 1080. The number of aryl methyl sites for hydroxylation is 1. The number of carbonyl (C=O) groups excluding carboxylic acids is 1. The van der Waals surface area contributed by atoms with Gasteiger partial charge in [-0.05, 0) is 23.6 Å². The molecule has 1 aliphatic heterocycles. The second kappa shape index (κ2) is 8.12. The maximum atomic E-state index is 12.6. The molecule has 146 valence electrons. The molecule has 0 saturated carbocycles. The Morgan fingerprint density at radius 3 is 2.57 bits per heavy atom. The number of H-pyrrole nitrogens is 1. The highest BCUT2D eigenvalue weighted by molar-refractivity contribution is 7.09. The lowest BCUT2D eigenvalue weighted by atomic mass is 10.2. The van der Waals surface area contributed by atoms with E-state index < -0.39 is 11.2 Å². The number of nitrogens with one attached hydrogen (secondary N) is 1. The van der Waals surface area contributed by atoms with Crippen LogP contribution < -0.4 is 11.2 Å². The maximum Gasteiger partial charge on any atom is 0.328 e. The minimum Gasteiger partial charge on any atom is -0.340 e. The fraction of sp³-hybridized carbons (Fsp3) is 0.350. The molecule has 0 atom stereocenters. The molecule has 3 aromatic rings. The van der Waals surface area contributed by atoms with Gasteiger partial charge >= 0.3 is 5.69 Å². The van der Waals surface area contributed by atoms with Crippen molar-refractivity contribution in [1.82, 2.24) is 19.4 Å². The van der Waals surface area contributed by atoms with Crippen LogP contribution in [-0.4, -0.2) is 51.4 Å². The van der Waals surface area contributed by atoms with E-state index in [-0.39, 0.29) is 18.9 Å². The van der Waals surface area contributed by atoms with E-state index in [1.54, 1.807) is 35.6 Å². The highest BCUT2D eigenvalue weighted by Crippen LogP contribution is 2.14. The summed E-state index contributed by atoms with van der Waals surface area (Å²) in [7, 11) is 0. The lowest BCUT2D eigenvalue weighted by Gasteiger charge is -2.34. The summed E-state index contributed by atoms with van der Waals surface area (Å²) in [6, 6.07) is 11.1. The number of aromatic nitrogens is 2. The molecule has 1 aliphatic rings. The van der Waals surface area contributed by atoms with Gasteiger partial charge in [0.05, 0.1) is 10.9 Å². The van der Waals surface area contributed by atoms with E-state index in [0.29, 0.717) is 24.0 Å². The maximum absolute atomic E-state index is 12.6. The summed E-state index contributed by atoms with van der Waals surface area (Å²) in [6.07, 6.45) is 0.237. The molecule has 1 saturated heterocycles. The third-order valence-corrected chi connectivity index (χ3v) is 6.00. The van der Waals surface area contributed by atoms with Crippen LogP contribution in [0.1, 0.15) is 11.3 Å². The van der Waals surface area contributed by atoms with Crippen molar-refractivity contribution in [2.75, 3.05) is 26.2 Å². The van der Waals surface area contributed by atoms with E-state index in [2.05, 4.69) is 27.4 Å². The molecule has 1 N–H and O–H groups in total. The van der Waals surface area contributed by atoms with E-state index in [1.807, 2.05) is 4.90 Å². The van der Waals surface area contributed by atoms with Crippen LogP contribution in [0.25, 0.3) is 10.9 Å². The smallest absolute Gasteiger partial charge is 0.328 e. The Morgan fingerprint density at radius 2 is 1.82 bits per heavy atom. The van der Waals surface area contributed by atoms with E-state index in [1.165, 1.54) is 9.44 Å². The molecular formula is C20H22N4O3S. The average Bonchev–Trinajstić information content (AvgIpc) is 3.21. The normalized spacial score (nSPS) is 15.2. The molecule has 0 bridgehead atoms. The Labute approximate surface area is 165 Å². The standard InChI is InChI=1S/C20H22N4O3S/c25-18(23-11-9-22(10-12-23)14-15-4-3-13-28-15)7-8-24-17-6-2-1-5-16(17)19(26)21-20(24)27/h1-6,13H,7-12,14H2,(H,21,26,27). The van der Waals surface area contributed by atoms with Crippen molar-refractivity contribution in [2.45, 2.75) is 19.5 Å². The number of hydrogen-bond donors (Lipinski definition) is 1. The number of rotatable bonds is 5. The topological polar surface area (TPSA) is 78.4 Å². The zero-order valence-electron chi connectivity index (χ0n) is 15.5. The van der Waals surface area contributed by atoms with E-state index in [9.17, 15) is 14.4 Å². The zero-order chi connectivity index (χ0) is 19.5. The third-order valence-electron chi connectivity index (χ3n) is 5.14. The molecule has 28 heavy (non-hydrogen) atoms. The summed E-state index contributed by atoms with van der Waals surface area (Å²) in [5, 5.41) is 2.54. The van der Waals surface area contributed by atoms with Gasteiger partial charge in [0.15, 0.2) is 0 Å². The lowest BCUT2D eigenvalue weighted by molar-refractivity contribution is -0.133. The second-order valence-corrected chi connectivity index (χ2v) is 7.95. The first kappa shape index (κ1) is 18.6. The molecule has 0 radical (unpaired) electrons. The number of carbonyl (C=O) groups is 1. The molecule has 1 fully saturated rings. The fourth-order valence-electron chi connectivity index (χ4n) is 3.61. The first-order chi connectivity index (χ1) is 13.6. The highest BCUT2D eigenvalue weighted by Gasteiger charge is 2.21. The largest absolute Gasteiger partial charge is 0.340 e. The second-order valence-electron chi connectivity index (χ2n) is 6.91. The van der Waals surface area contributed by atoms with Crippen molar-refractivity contribution in [3.05, 3.63) is 67.5 Å². The SMILES string of the molecule is O=C(CCn1c(=O)[nH]c(=O)c2ccccc21)N1CCN(Cc2cccs2)CC1. The molecule has 7 nitrogen and oxygen atoms in total. The van der Waals surface area contributed by atoms with Gasteiger partial charge in [-0.25, -0.2) is 4.79 Å². The number of para-hydroxylation sites is 1. The van der Waals surface area contributed by atoms with Crippen LogP contribution in [0.4, 0.5) is 0 Å². The molecule has 4 rings (SSSR count). The average molecular weight is 398 g/mol. The van der Waals surface area contributed by atoms with Crippen molar-refractivity contribution in [3.8, 4) is 0 Å². The number of benzene rings is 1. The number of aromatic amines is 1. The highest BCUT2D eigenvalue weighted by atomic mass is 32.1. The molecule has 0 spiro atoms. The quantitative estimate of drug-likeness (QED) is 0.706. The van der Waals surface area contributed by atoms with Gasteiger partial charge in [0.1, 0.15) is 0 Å². The van der Waals surface area contributed by atoms with E-state index in [4.69, 9.17) is 0 Å². The summed E-state index contributed by atoms with van der Waals surface area (Å²) in [5.41, 5.74) is -0.313. The van der Waals surface area contributed by atoms with E-state index in [0.717, 1.165) is 19.6 Å². The minimum atomic E-state index is -0.475. The van der Waals surface area contributed by atoms with Crippen LogP contribution in [-0.2, 0) is 17.9 Å². The number of amides is 1. The van der Waals surface area contributed by atoms with Crippen LogP contribution >= 0.6 is 11.3 Å². The number of hydrogen-bond acceptors (Lipinski definition) is 5. The van der Waals surface area contributed by atoms with Crippen molar-refractivity contribution in [1.29, 1.82) is 0 Å². The Balaban J connectivity index is 1.37. The first-order valence-corrected chi connectivity index (χ1v) is 10.2. The van der Waals surface area contributed by atoms with Crippen LogP contribution in [0.5, 0.6) is 0 Å². The minimum absolute atomic E-state index is 0.0398. The molecule has 0 aliphatic carbocycles. The van der Waals surface area contributed by atoms with Crippen molar-refractivity contribution < 1.29 is 4.79 Å². The van der Waals surface area contributed by atoms with Gasteiger partial charge in [-0.15, -0.1) is 11.3 Å². The number of thiophene rings is 1. The van der Waals surface area contributed by atoms with Crippen molar-refractivity contribution >= 4 is 28.1 Å². The van der Waals surface area contributed by atoms with Crippen LogP contribution in [0.2, 0.25) is 0 Å². The zero-order valence-corrected chi connectivity index (χ0v) is 16.3. The van der Waals surface area contributed by atoms with Crippen LogP contribution in [0.15, 0.2) is 51.4 Å². The Hall–Kier alpha value is -2.71. The number of fused-ring (bicyclic) bond motifs is 1. The summed E-state index contributed by atoms with van der Waals surface area (Å²) in [6.45, 7) is 4.29. The molecule has 2 aromatic heterocycles. The van der Waals surface area contributed by atoms with E-state index >= 15 is 0 Å². The van der Waals surface area contributed by atoms with Crippen molar-refractivity contribution in [3.63, 3.8) is 0 Å². The predicted octanol–water partition coefficient (Wildman–Crippen LogP) is 1.49. The lowest BCUT2D eigenvalue weighted by Crippen LogP contribution is -2.48. The molecule has 1 aromatic carbocycles. The van der Waals surface area contributed by atoms with Gasteiger partial charge in [-0.3, -0.25) is 24.0 Å². The van der Waals surface area contributed by atoms with Gasteiger partial charge in [-0.1, -0.05) is 18.2 Å². The van der Waals surface area contributed by atoms with Crippen molar-refractivity contribution in [2.24, 2.45) is 0 Å². The Morgan fingerprint density at radius 1 is 1.04 bits per heavy atom. The fourth-order valence-corrected chi connectivity index (χ4v) is 4.35. The monoisotopic (exact) mass is 398 g/mol. The first-order valence-electron chi connectivity index (χ1n) is 9.36. The summed E-state index contributed by atoms with van der Waals surface area (Å²) >= 11 is 1.75. The van der Waals surface area contributed by atoms with Crippen LogP contribution in [0, 0.1) is 0 Å². The van der Waals surface area contributed by atoms with Gasteiger partial charge in [0.2, 0.25) is 5.91 Å². The molecular weight excluding hydrogens is 376 g/mol. The summed E-state index contributed by atoms with van der Waals surface area (Å²) < 4.78 is 1.47. The summed E-state index contributed by atoms with van der Waals surface area (Å²) in [5.74, 6) is 0.0398. The van der Waals surface area contributed by atoms with Gasteiger partial charge in [0, 0.05) is 50.6 Å². The van der Waals surface area contributed by atoms with Gasteiger partial charge < -0.3 is 4.90 Å². The van der Waals surface area contributed by atoms with Crippen LogP contribution in [0.3, 0.4) is 0 Å². The third kappa shape index (κ3) is 3.93. The Kier molecular flexibility index (Phi) is 5.40. The van der Waals surface area contributed by atoms with Gasteiger partial charge in [0.25, 0.3) is 5.56 Å². The number of piperazine rings is 1. The summed E-state index contributed by atoms with van der Waals surface area (Å²) in [4.78, 5) is 44.7. The predicted molar refractivity (Wildman–Crippen MR) is 110 cm³/mol. The molecule has 0 unspecified atom stereocenters.